The molecule has 0 radical (unpaired) electrons. The summed E-state index contributed by atoms with van der Waals surface area (Å²) in [6, 6.07) is 3.21. The van der Waals surface area contributed by atoms with Gasteiger partial charge in [0.15, 0.2) is 22.9 Å². The largest absolute Gasteiger partial charge is 0.493 e. The van der Waals surface area contributed by atoms with E-state index < -0.39 is 52.5 Å². The van der Waals surface area contributed by atoms with Crippen molar-refractivity contribution in [2.75, 3.05) is 27.4 Å². The van der Waals surface area contributed by atoms with Crippen molar-refractivity contribution >= 4 is 0 Å². The second kappa shape index (κ2) is 9.53. The van der Waals surface area contributed by atoms with Gasteiger partial charge in [0.25, 0.3) is 0 Å². The maximum Gasteiger partial charge on any atom is 0.417 e. The van der Waals surface area contributed by atoms with Gasteiger partial charge in [-0.25, -0.2) is 4.39 Å². The van der Waals surface area contributed by atoms with Gasteiger partial charge >= 0.3 is 6.18 Å². The molecule has 1 fully saturated rings. The van der Waals surface area contributed by atoms with Crippen LogP contribution in [0.15, 0.2) is 23.0 Å². The summed E-state index contributed by atoms with van der Waals surface area (Å²) in [6.07, 6.45) is -6.24. The van der Waals surface area contributed by atoms with Crippen molar-refractivity contribution in [1.82, 2.24) is 4.98 Å². The lowest BCUT2D eigenvalue weighted by atomic mass is 9.76. The zero-order valence-corrected chi connectivity index (χ0v) is 19.3. The van der Waals surface area contributed by atoms with E-state index in [-0.39, 0.29) is 30.2 Å². The van der Waals surface area contributed by atoms with Gasteiger partial charge in [-0.2, -0.15) is 17.6 Å². The van der Waals surface area contributed by atoms with Gasteiger partial charge in [0.05, 0.1) is 19.4 Å². The summed E-state index contributed by atoms with van der Waals surface area (Å²) in [5.74, 6) is -5.78. The minimum absolute atomic E-state index is 0.0305. The maximum atomic E-state index is 14.6. The molecule has 3 rings (SSSR count). The normalized spacial score (nSPS) is 24.9. The third kappa shape index (κ3) is 4.38. The van der Waals surface area contributed by atoms with Gasteiger partial charge in [-0.05, 0) is 19.9 Å². The molecule has 188 valence electrons. The van der Waals surface area contributed by atoms with E-state index in [1.807, 2.05) is 0 Å². The lowest BCUT2D eigenvalue weighted by Crippen LogP contribution is -2.46. The van der Waals surface area contributed by atoms with Crippen molar-refractivity contribution in [1.29, 1.82) is 0 Å². The lowest BCUT2D eigenvalue weighted by Gasteiger charge is -2.32. The van der Waals surface area contributed by atoms with Crippen molar-refractivity contribution < 1.29 is 40.9 Å². The number of aromatic nitrogens is 1. The van der Waals surface area contributed by atoms with Crippen LogP contribution in [0.3, 0.4) is 0 Å². The Kier molecular flexibility index (Phi) is 7.28. The number of benzene rings is 1. The Hall–Kier alpha value is -2.66. The first-order chi connectivity index (χ1) is 15.9. The van der Waals surface area contributed by atoms with Crippen LogP contribution < -0.4 is 14.9 Å². The van der Waals surface area contributed by atoms with Crippen molar-refractivity contribution in [3.63, 3.8) is 0 Å². The molecule has 1 saturated heterocycles. The zero-order valence-electron chi connectivity index (χ0n) is 19.3. The van der Waals surface area contributed by atoms with Gasteiger partial charge in [-0.3, -0.25) is 4.79 Å². The standard InChI is InChI=1S/C23H26F5NO5/c1-11-10-15(30)20(33-9-8-31-4)18(29-11)21-16(12(2)22(3,34-21)23(26,27)28)13-6-7-14(24)17(25)19(13)32-5/h6-7,10,12,16,21H,8-9H2,1-5H3,(H,29,30)/t12-,16-,21+,22+/m0/s1. The fourth-order valence-electron chi connectivity index (χ4n) is 4.34. The van der Waals surface area contributed by atoms with Gasteiger partial charge < -0.3 is 23.9 Å². The molecule has 1 aliphatic rings. The molecule has 0 saturated carbocycles. The zero-order chi connectivity index (χ0) is 25.4. The summed E-state index contributed by atoms with van der Waals surface area (Å²) >= 11 is 0. The fourth-order valence-corrected chi connectivity index (χ4v) is 4.34. The van der Waals surface area contributed by atoms with E-state index in [0.717, 1.165) is 26.2 Å². The highest BCUT2D eigenvalue weighted by Crippen LogP contribution is 2.60. The number of nitrogens with one attached hydrogen (secondary N) is 1. The van der Waals surface area contributed by atoms with Crippen LogP contribution in [0.5, 0.6) is 11.5 Å². The molecule has 0 aliphatic carbocycles. The van der Waals surface area contributed by atoms with Crippen LogP contribution in [-0.2, 0) is 9.47 Å². The first kappa shape index (κ1) is 26.0. The van der Waals surface area contributed by atoms with Crippen molar-refractivity contribution in [2.45, 2.75) is 44.6 Å². The lowest BCUT2D eigenvalue weighted by molar-refractivity contribution is -0.275. The van der Waals surface area contributed by atoms with Crippen molar-refractivity contribution in [3.8, 4) is 11.5 Å². The number of H-pyrrole nitrogens is 1. The summed E-state index contributed by atoms with van der Waals surface area (Å²) in [5, 5.41) is 0. The van der Waals surface area contributed by atoms with E-state index in [1.54, 1.807) is 6.92 Å². The number of aryl methyl sites for hydroxylation is 1. The highest BCUT2D eigenvalue weighted by atomic mass is 19.4. The Morgan fingerprint density at radius 3 is 2.41 bits per heavy atom. The summed E-state index contributed by atoms with van der Waals surface area (Å²) in [4.78, 5) is 15.6. The molecule has 1 aliphatic heterocycles. The Morgan fingerprint density at radius 1 is 1.15 bits per heavy atom. The summed E-state index contributed by atoms with van der Waals surface area (Å²) in [7, 11) is 2.51. The monoisotopic (exact) mass is 491 g/mol. The highest BCUT2D eigenvalue weighted by Gasteiger charge is 2.65. The molecule has 2 heterocycles. The number of hydrogen-bond donors (Lipinski definition) is 1. The molecule has 0 amide bonds. The van der Waals surface area contributed by atoms with Crippen molar-refractivity contribution in [3.05, 3.63) is 57.0 Å². The van der Waals surface area contributed by atoms with E-state index in [0.29, 0.717) is 5.69 Å². The quantitative estimate of drug-likeness (QED) is 0.445. The Morgan fingerprint density at radius 2 is 1.82 bits per heavy atom. The van der Waals surface area contributed by atoms with Crippen LogP contribution in [-0.4, -0.2) is 44.2 Å². The topological polar surface area (TPSA) is 69.8 Å². The molecule has 0 bridgehead atoms. The number of ether oxygens (including phenoxy) is 4. The SMILES string of the molecule is COCCOc1c([C@@H]2O[C@@](C)(C(F)(F)F)[C@@H](C)[C@H]2c2ccc(F)c(F)c2OC)[nH]c(C)cc1=O. The van der Waals surface area contributed by atoms with E-state index in [2.05, 4.69) is 4.98 Å². The minimum atomic E-state index is -4.81. The van der Waals surface area contributed by atoms with Crippen LogP contribution in [0.4, 0.5) is 22.0 Å². The van der Waals surface area contributed by atoms with Crippen LogP contribution in [0.1, 0.15) is 42.8 Å². The Labute approximate surface area is 193 Å². The summed E-state index contributed by atoms with van der Waals surface area (Å²) in [6.45, 7) is 3.82. The number of rotatable bonds is 7. The maximum absolute atomic E-state index is 14.6. The predicted octanol–water partition coefficient (Wildman–Crippen LogP) is 4.81. The van der Waals surface area contributed by atoms with E-state index >= 15 is 0 Å². The molecule has 2 aromatic rings. The number of halogens is 5. The van der Waals surface area contributed by atoms with Crippen LogP contribution in [0.25, 0.3) is 0 Å². The van der Waals surface area contributed by atoms with Gasteiger partial charge in [-0.1, -0.05) is 13.0 Å². The van der Waals surface area contributed by atoms with Gasteiger partial charge in [0.1, 0.15) is 12.7 Å². The third-order valence-electron chi connectivity index (χ3n) is 6.28. The third-order valence-corrected chi connectivity index (χ3v) is 6.28. The van der Waals surface area contributed by atoms with Crippen LogP contribution >= 0.6 is 0 Å². The summed E-state index contributed by atoms with van der Waals surface area (Å²) < 4.78 is 92.2. The Bertz CT molecular complexity index is 1100. The van der Waals surface area contributed by atoms with E-state index in [1.165, 1.54) is 20.1 Å². The molecule has 6 nitrogen and oxygen atoms in total. The number of pyridine rings is 1. The summed E-state index contributed by atoms with van der Waals surface area (Å²) in [5.41, 5.74) is -2.97. The molecule has 4 atom stereocenters. The second-order valence-electron chi connectivity index (χ2n) is 8.34. The van der Waals surface area contributed by atoms with Crippen LogP contribution in [0.2, 0.25) is 0 Å². The molecule has 0 spiro atoms. The number of methoxy groups -OCH3 is 2. The molecule has 1 aromatic carbocycles. The van der Waals surface area contributed by atoms with Gasteiger partial charge in [0, 0.05) is 36.3 Å². The van der Waals surface area contributed by atoms with E-state index in [4.69, 9.17) is 18.9 Å². The second-order valence-corrected chi connectivity index (χ2v) is 8.34. The average molecular weight is 491 g/mol. The van der Waals surface area contributed by atoms with Gasteiger partial charge in [0.2, 0.25) is 11.2 Å². The van der Waals surface area contributed by atoms with E-state index in [9.17, 15) is 26.7 Å². The first-order valence-electron chi connectivity index (χ1n) is 10.5. The Balaban J connectivity index is 2.27. The number of alkyl halides is 3. The molecule has 11 heteroatoms. The molecular formula is C23H26F5NO5. The predicted molar refractivity (Wildman–Crippen MR) is 112 cm³/mol. The molecule has 0 unspecified atom stereocenters. The number of hydrogen-bond acceptors (Lipinski definition) is 5. The fraction of sp³-hybridized carbons (Fsp3) is 0.522. The molecule has 1 N–H and O–H groups in total. The highest BCUT2D eigenvalue weighted by molar-refractivity contribution is 5.43. The van der Waals surface area contributed by atoms with Gasteiger partial charge in [-0.15, -0.1) is 0 Å². The smallest absolute Gasteiger partial charge is 0.417 e. The first-order valence-corrected chi connectivity index (χ1v) is 10.5. The molecular weight excluding hydrogens is 465 g/mol. The molecule has 34 heavy (non-hydrogen) atoms. The molecule has 1 aromatic heterocycles. The number of aromatic amines is 1. The minimum Gasteiger partial charge on any atom is -0.493 e. The van der Waals surface area contributed by atoms with Crippen molar-refractivity contribution in [2.24, 2.45) is 5.92 Å². The van der Waals surface area contributed by atoms with Crippen LogP contribution in [0, 0.1) is 24.5 Å². The average Bonchev–Trinajstić information content (AvgIpc) is 3.03.